The molecule has 0 spiro atoms. The van der Waals surface area contributed by atoms with Crippen LogP contribution in [0.2, 0.25) is 0 Å². The number of amides is 1. The minimum Gasteiger partial charge on any atom is -0.407 e. The second-order valence-electron chi connectivity index (χ2n) is 4.24. The molecule has 8 nitrogen and oxygen atoms in total. The Balaban J connectivity index is 2.54. The number of likely N-dealkylation sites (N-methyl/N-ethyl adjacent to an activating group) is 1. The number of anilines is 1. The number of nitrogens with one attached hydrogen (secondary N) is 2. The van der Waals surface area contributed by atoms with Crippen LogP contribution in [-0.2, 0) is 16.1 Å². The maximum Gasteiger partial charge on any atom is 0.318 e. The number of ether oxygens (including phenoxy) is 1. The third kappa shape index (κ3) is 5.54. The maximum atomic E-state index is 11.5. The van der Waals surface area contributed by atoms with Gasteiger partial charge in [0.05, 0.1) is 13.2 Å². The zero-order valence-corrected chi connectivity index (χ0v) is 12.3. The van der Waals surface area contributed by atoms with Crippen molar-refractivity contribution in [1.82, 2.24) is 20.8 Å². The van der Waals surface area contributed by atoms with Gasteiger partial charge in [0, 0.05) is 27.2 Å². The zero-order chi connectivity index (χ0) is 14.8. The number of aromatic nitrogens is 2. The molecule has 0 atom stereocenters. The third-order valence-corrected chi connectivity index (χ3v) is 2.59. The molecule has 1 amide bonds. The summed E-state index contributed by atoms with van der Waals surface area (Å²) >= 11 is 0. The molecular weight excluding hydrogens is 262 g/mol. The average molecular weight is 285 g/mol. The Morgan fingerprint density at radius 3 is 2.90 bits per heavy atom. The number of hydrogen-bond acceptors (Lipinski definition) is 7. The molecule has 0 aliphatic heterocycles. The molecule has 0 aliphatic rings. The van der Waals surface area contributed by atoms with Crippen LogP contribution in [0.3, 0.4) is 0 Å². The minimum absolute atomic E-state index is 0.0866. The number of rotatable bonds is 10. The van der Waals surface area contributed by atoms with Crippen molar-refractivity contribution in [3.63, 3.8) is 0 Å². The van der Waals surface area contributed by atoms with Crippen LogP contribution in [0.1, 0.15) is 19.2 Å². The molecular formula is C12H23N5O3. The summed E-state index contributed by atoms with van der Waals surface area (Å²) in [6.45, 7) is 4.75. The van der Waals surface area contributed by atoms with E-state index in [4.69, 9.17) is 9.15 Å². The summed E-state index contributed by atoms with van der Waals surface area (Å²) in [6.07, 6.45) is 0.890. The molecule has 0 aliphatic carbocycles. The van der Waals surface area contributed by atoms with Crippen molar-refractivity contribution in [3.8, 4) is 0 Å². The van der Waals surface area contributed by atoms with Gasteiger partial charge in [-0.2, -0.15) is 0 Å². The van der Waals surface area contributed by atoms with Crippen molar-refractivity contribution in [3.05, 3.63) is 5.89 Å². The van der Waals surface area contributed by atoms with Gasteiger partial charge < -0.3 is 24.7 Å². The minimum atomic E-state index is -0.0866. The summed E-state index contributed by atoms with van der Waals surface area (Å²) in [5.74, 6) is 0.408. The van der Waals surface area contributed by atoms with E-state index < -0.39 is 0 Å². The molecule has 0 unspecified atom stereocenters. The van der Waals surface area contributed by atoms with Crippen LogP contribution in [0, 0.1) is 0 Å². The standard InChI is InChI=1S/C12H23N5O3/c1-4-6-17(9-10(18)13-2)12-16-15-11(20-12)8-14-5-7-19-3/h14H,4-9H2,1-3H3,(H,13,18). The van der Waals surface area contributed by atoms with Gasteiger partial charge in [0.1, 0.15) is 6.54 Å². The fourth-order valence-corrected chi connectivity index (χ4v) is 1.58. The molecule has 8 heteroatoms. The van der Waals surface area contributed by atoms with E-state index >= 15 is 0 Å². The highest BCUT2D eigenvalue weighted by Gasteiger charge is 2.16. The first-order chi connectivity index (χ1) is 9.71. The predicted octanol–water partition coefficient (Wildman–Crippen LogP) is -0.232. The van der Waals surface area contributed by atoms with Crippen LogP contribution < -0.4 is 15.5 Å². The van der Waals surface area contributed by atoms with Crippen LogP contribution in [0.5, 0.6) is 0 Å². The Morgan fingerprint density at radius 1 is 1.45 bits per heavy atom. The summed E-state index contributed by atoms with van der Waals surface area (Å²) in [5, 5.41) is 13.6. The lowest BCUT2D eigenvalue weighted by Gasteiger charge is -2.17. The molecule has 114 valence electrons. The number of hydrogen-bond donors (Lipinski definition) is 2. The lowest BCUT2D eigenvalue weighted by atomic mass is 10.4. The van der Waals surface area contributed by atoms with Gasteiger partial charge in [0.2, 0.25) is 11.8 Å². The Bertz CT molecular complexity index is 396. The van der Waals surface area contributed by atoms with E-state index in [0.29, 0.717) is 38.1 Å². The van der Waals surface area contributed by atoms with E-state index in [0.717, 1.165) is 6.42 Å². The highest BCUT2D eigenvalue weighted by atomic mass is 16.5. The van der Waals surface area contributed by atoms with Gasteiger partial charge in [-0.1, -0.05) is 12.0 Å². The van der Waals surface area contributed by atoms with Crippen molar-refractivity contribution in [2.45, 2.75) is 19.9 Å². The van der Waals surface area contributed by atoms with Crippen molar-refractivity contribution in [1.29, 1.82) is 0 Å². The molecule has 0 fully saturated rings. The number of carbonyl (C=O) groups excluding carboxylic acids is 1. The van der Waals surface area contributed by atoms with Gasteiger partial charge in [-0.25, -0.2) is 0 Å². The van der Waals surface area contributed by atoms with E-state index in [1.165, 1.54) is 0 Å². The summed E-state index contributed by atoms with van der Waals surface area (Å²) in [7, 11) is 3.25. The van der Waals surface area contributed by atoms with Crippen molar-refractivity contribution >= 4 is 11.9 Å². The van der Waals surface area contributed by atoms with E-state index in [-0.39, 0.29) is 12.5 Å². The van der Waals surface area contributed by atoms with Crippen LogP contribution in [-0.4, -0.2) is 56.5 Å². The third-order valence-electron chi connectivity index (χ3n) is 2.59. The highest BCUT2D eigenvalue weighted by molar-refractivity contribution is 5.80. The Morgan fingerprint density at radius 2 is 2.25 bits per heavy atom. The molecule has 2 N–H and O–H groups in total. The van der Waals surface area contributed by atoms with Crippen LogP contribution >= 0.6 is 0 Å². The summed E-state index contributed by atoms with van der Waals surface area (Å²) < 4.78 is 10.5. The Labute approximate surface area is 118 Å². The molecule has 1 aromatic rings. The zero-order valence-electron chi connectivity index (χ0n) is 12.3. The van der Waals surface area contributed by atoms with Crippen LogP contribution in [0.4, 0.5) is 6.01 Å². The second kappa shape index (κ2) is 9.27. The molecule has 1 heterocycles. The smallest absolute Gasteiger partial charge is 0.318 e. The summed E-state index contributed by atoms with van der Waals surface area (Å²) in [6, 6.07) is 0.374. The van der Waals surface area contributed by atoms with E-state index in [1.54, 1.807) is 19.1 Å². The van der Waals surface area contributed by atoms with Crippen LogP contribution in [0.15, 0.2) is 4.42 Å². The lowest BCUT2D eigenvalue weighted by molar-refractivity contribution is -0.119. The molecule has 0 saturated carbocycles. The Hall–Kier alpha value is -1.67. The van der Waals surface area contributed by atoms with Gasteiger partial charge in [-0.15, -0.1) is 5.10 Å². The lowest BCUT2D eigenvalue weighted by Crippen LogP contribution is -2.36. The van der Waals surface area contributed by atoms with Gasteiger partial charge in [-0.3, -0.25) is 4.79 Å². The van der Waals surface area contributed by atoms with E-state index in [2.05, 4.69) is 20.8 Å². The number of methoxy groups -OCH3 is 1. The monoisotopic (exact) mass is 285 g/mol. The first kappa shape index (κ1) is 16.4. The second-order valence-corrected chi connectivity index (χ2v) is 4.24. The fraction of sp³-hybridized carbons (Fsp3) is 0.750. The average Bonchev–Trinajstić information content (AvgIpc) is 2.91. The van der Waals surface area contributed by atoms with Gasteiger partial charge in [-0.05, 0) is 6.42 Å². The highest BCUT2D eigenvalue weighted by Crippen LogP contribution is 2.12. The van der Waals surface area contributed by atoms with E-state index in [1.807, 2.05) is 6.92 Å². The van der Waals surface area contributed by atoms with Gasteiger partial charge in [0.25, 0.3) is 0 Å². The van der Waals surface area contributed by atoms with Gasteiger partial charge >= 0.3 is 6.01 Å². The Kier molecular flexibility index (Phi) is 7.59. The first-order valence-electron chi connectivity index (χ1n) is 6.68. The summed E-state index contributed by atoms with van der Waals surface area (Å²) in [5.41, 5.74) is 0. The van der Waals surface area contributed by atoms with Crippen molar-refractivity contribution in [2.24, 2.45) is 0 Å². The maximum absolute atomic E-state index is 11.5. The molecule has 1 aromatic heterocycles. The van der Waals surface area contributed by atoms with Crippen LogP contribution in [0.25, 0.3) is 0 Å². The summed E-state index contributed by atoms with van der Waals surface area (Å²) in [4.78, 5) is 13.2. The van der Waals surface area contributed by atoms with Gasteiger partial charge in [0.15, 0.2) is 0 Å². The number of nitrogens with zero attached hydrogens (tertiary/aromatic N) is 3. The SMILES string of the molecule is CCCN(CC(=O)NC)c1nnc(CNCCOC)o1. The topological polar surface area (TPSA) is 92.5 Å². The molecule has 0 saturated heterocycles. The number of carbonyl (C=O) groups is 1. The molecule has 20 heavy (non-hydrogen) atoms. The largest absolute Gasteiger partial charge is 0.407 e. The molecule has 0 radical (unpaired) electrons. The normalized spacial score (nSPS) is 10.6. The fourth-order valence-electron chi connectivity index (χ4n) is 1.58. The molecule has 1 rings (SSSR count). The predicted molar refractivity (Wildman–Crippen MR) is 74.5 cm³/mol. The molecule has 0 bridgehead atoms. The van der Waals surface area contributed by atoms with Crippen molar-refractivity contribution < 1.29 is 13.9 Å². The van der Waals surface area contributed by atoms with E-state index in [9.17, 15) is 4.79 Å². The first-order valence-corrected chi connectivity index (χ1v) is 6.68. The van der Waals surface area contributed by atoms with Crippen molar-refractivity contribution in [2.75, 3.05) is 45.3 Å². The quantitative estimate of drug-likeness (QED) is 0.573. The molecule has 0 aromatic carbocycles.